The summed E-state index contributed by atoms with van der Waals surface area (Å²) in [6.45, 7) is 0. The van der Waals surface area contributed by atoms with Gasteiger partial charge in [0.05, 0.1) is 5.70 Å². The Bertz CT molecular complexity index is 938. The Hall–Kier alpha value is -1.76. The summed E-state index contributed by atoms with van der Waals surface area (Å²) in [7, 11) is -3.44. The molecular formula is C17H13ClN2O2S2. The van der Waals surface area contributed by atoms with Crippen molar-refractivity contribution in [1.82, 2.24) is 4.90 Å². The molecule has 0 radical (unpaired) electrons. The third-order valence-electron chi connectivity index (χ3n) is 3.90. The zero-order chi connectivity index (χ0) is 16.7. The lowest BCUT2D eigenvalue weighted by Crippen LogP contribution is -2.37. The fourth-order valence-corrected chi connectivity index (χ4v) is 5.54. The zero-order valence-electron chi connectivity index (χ0n) is 12.5. The van der Waals surface area contributed by atoms with Gasteiger partial charge in [0.1, 0.15) is 5.88 Å². The van der Waals surface area contributed by atoms with Crippen molar-refractivity contribution in [2.75, 3.05) is 5.88 Å². The maximum absolute atomic E-state index is 12.8. The molecule has 0 aliphatic carbocycles. The SMILES string of the molecule is O=S1(=O)CN2C(c3ccccc3)=CSC2=NC1c1ccc(Cl)cc1. The molecular weight excluding hydrogens is 364 g/mol. The minimum Gasteiger partial charge on any atom is -0.305 e. The predicted molar refractivity (Wildman–Crippen MR) is 99.3 cm³/mol. The van der Waals surface area contributed by atoms with E-state index in [9.17, 15) is 8.42 Å². The highest BCUT2D eigenvalue weighted by molar-refractivity contribution is 8.17. The predicted octanol–water partition coefficient (Wildman–Crippen LogP) is 4.13. The molecule has 0 amide bonds. The summed E-state index contributed by atoms with van der Waals surface area (Å²) in [6.07, 6.45) is 0. The van der Waals surface area contributed by atoms with E-state index >= 15 is 0 Å². The van der Waals surface area contributed by atoms with Crippen LogP contribution in [0.25, 0.3) is 5.70 Å². The number of hydrogen-bond acceptors (Lipinski definition) is 5. The Morgan fingerprint density at radius 1 is 1.08 bits per heavy atom. The lowest BCUT2D eigenvalue weighted by molar-refractivity contribution is 0.549. The molecule has 0 N–H and O–H groups in total. The number of sulfone groups is 1. The molecule has 0 bridgehead atoms. The average Bonchev–Trinajstić information content (AvgIpc) is 2.97. The molecule has 1 atom stereocenters. The number of thioether (sulfide) groups is 1. The van der Waals surface area contributed by atoms with E-state index in [4.69, 9.17) is 11.6 Å². The molecule has 24 heavy (non-hydrogen) atoms. The minimum absolute atomic E-state index is 0.0765. The summed E-state index contributed by atoms with van der Waals surface area (Å²) in [5, 5.41) is 2.36. The van der Waals surface area contributed by atoms with Gasteiger partial charge in [0.15, 0.2) is 20.4 Å². The van der Waals surface area contributed by atoms with Crippen molar-refractivity contribution in [3.05, 3.63) is 76.2 Å². The molecule has 4 rings (SSSR count). The number of nitrogens with zero attached hydrogens (tertiary/aromatic N) is 2. The van der Waals surface area contributed by atoms with E-state index < -0.39 is 15.2 Å². The summed E-state index contributed by atoms with van der Waals surface area (Å²) < 4.78 is 25.5. The van der Waals surface area contributed by atoms with Crippen LogP contribution in [0.3, 0.4) is 0 Å². The van der Waals surface area contributed by atoms with E-state index in [1.54, 1.807) is 29.2 Å². The van der Waals surface area contributed by atoms with Crippen LogP contribution in [0.15, 0.2) is 65.0 Å². The highest BCUT2D eigenvalue weighted by Crippen LogP contribution is 2.40. The van der Waals surface area contributed by atoms with Crippen LogP contribution >= 0.6 is 23.4 Å². The van der Waals surface area contributed by atoms with Crippen molar-refractivity contribution in [3.63, 3.8) is 0 Å². The minimum atomic E-state index is -3.44. The maximum Gasteiger partial charge on any atom is 0.196 e. The second kappa shape index (κ2) is 5.95. The first-order valence-electron chi connectivity index (χ1n) is 7.29. The number of benzene rings is 2. The molecule has 2 aromatic rings. The number of hydrogen-bond donors (Lipinski definition) is 0. The average molecular weight is 377 g/mol. The molecule has 4 nitrogen and oxygen atoms in total. The van der Waals surface area contributed by atoms with E-state index in [1.165, 1.54) is 11.8 Å². The summed E-state index contributed by atoms with van der Waals surface area (Å²) in [6, 6.07) is 16.6. The third-order valence-corrected chi connectivity index (χ3v) is 6.70. The van der Waals surface area contributed by atoms with E-state index in [0.717, 1.165) is 11.3 Å². The van der Waals surface area contributed by atoms with Gasteiger partial charge >= 0.3 is 0 Å². The zero-order valence-corrected chi connectivity index (χ0v) is 14.9. The number of aliphatic imine (C=N–C) groups is 1. The first-order valence-corrected chi connectivity index (χ1v) is 10.3. The molecule has 0 saturated carbocycles. The van der Waals surface area contributed by atoms with Crippen LogP contribution < -0.4 is 0 Å². The lowest BCUT2D eigenvalue weighted by atomic mass is 10.2. The van der Waals surface area contributed by atoms with Crippen LogP contribution in [0.5, 0.6) is 0 Å². The second-order valence-corrected chi connectivity index (χ2v) is 8.83. The van der Waals surface area contributed by atoms with E-state index in [1.807, 2.05) is 35.7 Å². The van der Waals surface area contributed by atoms with Gasteiger partial charge in [-0.3, -0.25) is 0 Å². The second-order valence-electron chi connectivity index (χ2n) is 5.52. The lowest BCUT2D eigenvalue weighted by Gasteiger charge is -2.29. The number of rotatable bonds is 2. The van der Waals surface area contributed by atoms with Gasteiger partial charge < -0.3 is 4.90 Å². The van der Waals surface area contributed by atoms with E-state index in [-0.39, 0.29) is 5.88 Å². The van der Waals surface area contributed by atoms with Gasteiger partial charge in [-0.2, -0.15) is 0 Å². The Labute approximate surface area is 149 Å². The van der Waals surface area contributed by atoms with Gasteiger partial charge in [0, 0.05) is 10.4 Å². The van der Waals surface area contributed by atoms with Gasteiger partial charge in [-0.25, -0.2) is 13.4 Å². The Kier molecular flexibility index (Phi) is 3.90. The molecule has 2 aliphatic rings. The quantitative estimate of drug-likeness (QED) is 0.790. The topological polar surface area (TPSA) is 49.7 Å². The van der Waals surface area contributed by atoms with Crippen LogP contribution in [-0.4, -0.2) is 24.4 Å². The van der Waals surface area contributed by atoms with Crippen LogP contribution in [0, 0.1) is 0 Å². The first-order chi connectivity index (χ1) is 11.5. The largest absolute Gasteiger partial charge is 0.305 e. The monoisotopic (exact) mass is 376 g/mol. The van der Waals surface area contributed by atoms with Crippen LogP contribution in [0.4, 0.5) is 0 Å². The van der Waals surface area contributed by atoms with Crippen molar-refractivity contribution in [2.24, 2.45) is 4.99 Å². The molecule has 122 valence electrons. The van der Waals surface area contributed by atoms with Crippen molar-refractivity contribution in [1.29, 1.82) is 0 Å². The van der Waals surface area contributed by atoms with Crippen LogP contribution in [0.2, 0.25) is 5.02 Å². The van der Waals surface area contributed by atoms with Gasteiger partial charge in [0.25, 0.3) is 0 Å². The molecule has 0 fully saturated rings. The van der Waals surface area contributed by atoms with Gasteiger partial charge in [-0.15, -0.1) is 0 Å². The van der Waals surface area contributed by atoms with E-state index in [0.29, 0.717) is 15.8 Å². The Morgan fingerprint density at radius 2 is 1.79 bits per heavy atom. The smallest absolute Gasteiger partial charge is 0.196 e. The maximum atomic E-state index is 12.8. The number of halogens is 1. The summed E-state index contributed by atoms with van der Waals surface area (Å²) in [5.74, 6) is -0.0765. The normalized spacial score (nSPS) is 21.9. The summed E-state index contributed by atoms with van der Waals surface area (Å²) in [5.41, 5.74) is 2.49. The van der Waals surface area contributed by atoms with Gasteiger partial charge in [-0.05, 0) is 23.3 Å². The van der Waals surface area contributed by atoms with Gasteiger partial charge in [0.2, 0.25) is 0 Å². The molecule has 2 aromatic carbocycles. The van der Waals surface area contributed by atoms with Crippen molar-refractivity contribution in [2.45, 2.75) is 5.37 Å². The fourth-order valence-electron chi connectivity index (χ4n) is 2.74. The fraction of sp³-hybridized carbons (Fsp3) is 0.118. The Balaban J connectivity index is 1.72. The van der Waals surface area contributed by atoms with Crippen molar-refractivity contribution < 1.29 is 8.42 Å². The highest BCUT2D eigenvalue weighted by Gasteiger charge is 2.39. The molecule has 2 heterocycles. The van der Waals surface area contributed by atoms with E-state index in [2.05, 4.69) is 4.99 Å². The highest BCUT2D eigenvalue weighted by atomic mass is 35.5. The van der Waals surface area contributed by atoms with Crippen LogP contribution in [-0.2, 0) is 9.84 Å². The molecule has 0 aromatic heterocycles. The van der Waals surface area contributed by atoms with Crippen LogP contribution in [0.1, 0.15) is 16.5 Å². The standard InChI is InChI=1S/C17H13ClN2O2S2/c18-14-8-6-13(7-9-14)16-19-17-20(11-24(16,21)22)15(10-23-17)12-4-2-1-3-5-12/h1-10,16H,11H2. The van der Waals surface area contributed by atoms with Crippen molar-refractivity contribution >= 4 is 44.1 Å². The molecule has 1 unspecified atom stereocenters. The Morgan fingerprint density at radius 3 is 2.50 bits per heavy atom. The summed E-state index contributed by atoms with van der Waals surface area (Å²) >= 11 is 7.35. The molecule has 2 aliphatic heterocycles. The molecule has 0 saturated heterocycles. The van der Waals surface area contributed by atoms with Gasteiger partial charge in [-0.1, -0.05) is 65.8 Å². The van der Waals surface area contributed by atoms with Crippen molar-refractivity contribution in [3.8, 4) is 0 Å². The number of fused-ring (bicyclic) bond motifs is 1. The number of amidine groups is 1. The first kappa shape index (κ1) is 15.7. The summed E-state index contributed by atoms with van der Waals surface area (Å²) in [4.78, 5) is 6.26. The molecule has 7 heteroatoms. The third kappa shape index (κ3) is 2.75. The molecule has 0 spiro atoms.